The van der Waals surface area contributed by atoms with Crippen molar-refractivity contribution in [2.45, 2.75) is 12.7 Å². The molecule has 1 aliphatic rings. The summed E-state index contributed by atoms with van der Waals surface area (Å²) in [5.74, 6) is -0.534. The van der Waals surface area contributed by atoms with Crippen LogP contribution < -0.4 is 0 Å². The van der Waals surface area contributed by atoms with Crippen LogP contribution in [0.4, 0.5) is 0 Å². The lowest BCUT2D eigenvalue weighted by Crippen LogP contribution is -2.32. The van der Waals surface area contributed by atoms with Crippen LogP contribution in [-0.2, 0) is 18.9 Å². The summed E-state index contributed by atoms with van der Waals surface area (Å²) in [5.41, 5.74) is 0. The van der Waals surface area contributed by atoms with Crippen LogP contribution in [0.5, 0.6) is 0 Å². The van der Waals surface area contributed by atoms with Gasteiger partial charge in [0.1, 0.15) is 6.61 Å². The van der Waals surface area contributed by atoms with Gasteiger partial charge in [-0.1, -0.05) is 0 Å². The average Bonchev–Trinajstić information content (AvgIpc) is 2.47. The first-order valence-corrected chi connectivity index (χ1v) is 4.11. The Morgan fingerprint density at radius 2 is 1.92 bits per heavy atom. The standard InChI is InChI=1S/C8H16O4/c1-8(11-5-6-12-8)7-10-4-3-9-2/h3-7H2,1-2H3. The fourth-order valence-corrected chi connectivity index (χ4v) is 1.04. The molecule has 1 saturated heterocycles. The van der Waals surface area contributed by atoms with Gasteiger partial charge >= 0.3 is 0 Å². The Morgan fingerprint density at radius 1 is 1.25 bits per heavy atom. The average molecular weight is 176 g/mol. The Morgan fingerprint density at radius 3 is 2.50 bits per heavy atom. The highest BCUT2D eigenvalue weighted by atomic mass is 16.7. The number of methoxy groups -OCH3 is 1. The highest BCUT2D eigenvalue weighted by Crippen LogP contribution is 2.18. The van der Waals surface area contributed by atoms with Crippen molar-refractivity contribution >= 4 is 0 Å². The third-order valence-electron chi connectivity index (χ3n) is 1.69. The van der Waals surface area contributed by atoms with Crippen LogP contribution in [-0.4, -0.2) is 45.9 Å². The van der Waals surface area contributed by atoms with Gasteiger partial charge in [-0.3, -0.25) is 0 Å². The van der Waals surface area contributed by atoms with Gasteiger partial charge in [0, 0.05) is 7.11 Å². The van der Waals surface area contributed by atoms with Crippen LogP contribution in [0.2, 0.25) is 0 Å². The van der Waals surface area contributed by atoms with Crippen molar-refractivity contribution in [1.82, 2.24) is 0 Å². The topological polar surface area (TPSA) is 36.9 Å². The van der Waals surface area contributed by atoms with E-state index in [4.69, 9.17) is 18.9 Å². The predicted octanol–water partition coefficient (Wildman–Crippen LogP) is 0.412. The molecule has 0 N–H and O–H groups in total. The lowest BCUT2D eigenvalue weighted by Gasteiger charge is -2.21. The Kier molecular flexibility index (Phi) is 3.94. The van der Waals surface area contributed by atoms with Crippen molar-refractivity contribution in [1.29, 1.82) is 0 Å². The van der Waals surface area contributed by atoms with Crippen molar-refractivity contribution < 1.29 is 18.9 Å². The molecular weight excluding hydrogens is 160 g/mol. The van der Waals surface area contributed by atoms with Crippen LogP contribution in [0.1, 0.15) is 6.92 Å². The zero-order valence-electron chi connectivity index (χ0n) is 7.67. The van der Waals surface area contributed by atoms with E-state index in [2.05, 4.69) is 0 Å². The number of hydrogen-bond donors (Lipinski definition) is 0. The molecule has 0 radical (unpaired) electrons. The summed E-state index contributed by atoms with van der Waals surface area (Å²) in [6.45, 7) is 4.85. The lowest BCUT2D eigenvalue weighted by atomic mass is 10.3. The molecule has 12 heavy (non-hydrogen) atoms. The highest BCUT2D eigenvalue weighted by molar-refractivity contribution is 4.66. The molecule has 72 valence electrons. The molecule has 0 aromatic carbocycles. The molecule has 0 unspecified atom stereocenters. The molecule has 1 fully saturated rings. The third kappa shape index (κ3) is 3.06. The van der Waals surface area contributed by atoms with Crippen LogP contribution in [0, 0.1) is 0 Å². The zero-order valence-corrected chi connectivity index (χ0v) is 7.67. The van der Waals surface area contributed by atoms with Crippen molar-refractivity contribution in [3.63, 3.8) is 0 Å². The molecule has 0 atom stereocenters. The summed E-state index contributed by atoms with van der Waals surface area (Å²) >= 11 is 0. The minimum Gasteiger partial charge on any atom is -0.382 e. The second-order valence-corrected chi connectivity index (χ2v) is 2.88. The van der Waals surface area contributed by atoms with Gasteiger partial charge in [0.25, 0.3) is 0 Å². The smallest absolute Gasteiger partial charge is 0.189 e. The Balaban J connectivity index is 2.05. The second kappa shape index (κ2) is 4.77. The van der Waals surface area contributed by atoms with E-state index in [9.17, 15) is 0 Å². The van der Waals surface area contributed by atoms with Crippen LogP contribution >= 0.6 is 0 Å². The van der Waals surface area contributed by atoms with E-state index in [0.29, 0.717) is 33.0 Å². The van der Waals surface area contributed by atoms with E-state index in [1.165, 1.54) is 0 Å². The normalized spacial score (nSPS) is 21.5. The number of hydrogen-bond acceptors (Lipinski definition) is 4. The Hall–Kier alpha value is -0.160. The van der Waals surface area contributed by atoms with Gasteiger partial charge in [-0.05, 0) is 6.92 Å². The van der Waals surface area contributed by atoms with Gasteiger partial charge in [0.05, 0.1) is 26.4 Å². The molecule has 0 aliphatic carbocycles. The molecule has 0 spiro atoms. The first-order chi connectivity index (χ1) is 5.77. The molecule has 0 saturated carbocycles. The largest absolute Gasteiger partial charge is 0.382 e. The summed E-state index contributed by atoms with van der Waals surface area (Å²) in [4.78, 5) is 0. The van der Waals surface area contributed by atoms with Crippen molar-refractivity contribution in [2.24, 2.45) is 0 Å². The Labute approximate surface area is 72.7 Å². The molecule has 4 heteroatoms. The molecule has 1 heterocycles. The molecule has 1 rings (SSSR count). The van der Waals surface area contributed by atoms with Crippen molar-refractivity contribution in [2.75, 3.05) is 40.1 Å². The molecule has 4 nitrogen and oxygen atoms in total. The van der Waals surface area contributed by atoms with Gasteiger partial charge in [-0.2, -0.15) is 0 Å². The monoisotopic (exact) mass is 176 g/mol. The van der Waals surface area contributed by atoms with Gasteiger partial charge in [-0.15, -0.1) is 0 Å². The number of ether oxygens (including phenoxy) is 4. The first-order valence-electron chi connectivity index (χ1n) is 4.11. The van der Waals surface area contributed by atoms with Gasteiger partial charge in [0.2, 0.25) is 0 Å². The highest BCUT2D eigenvalue weighted by Gasteiger charge is 2.30. The summed E-state index contributed by atoms with van der Waals surface area (Å²) in [6, 6.07) is 0. The number of rotatable bonds is 5. The van der Waals surface area contributed by atoms with E-state index in [0.717, 1.165) is 0 Å². The first kappa shape index (κ1) is 9.92. The van der Waals surface area contributed by atoms with Gasteiger partial charge < -0.3 is 18.9 Å². The van der Waals surface area contributed by atoms with E-state index in [-0.39, 0.29) is 0 Å². The summed E-state index contributed by atoms with van der Waals surface area (Å²) in [5, 5.41) is 0. The van der Waals surface area contributed by atoms with Crippen LogP contribution in [0.15, 0.2) is 0 Å². The molecule has 1 aliphatic heterocycles. The quantitative estimate of drug-likeness (QED) is 0.569. The van der Waals surface area contributed by atoms with E-state index >= 15 is 0 Å². The van der Waals surface area contributed by atoms with E-state index in [1.807, 2.05) is 6.92 Å². The minimum absolute atomic E-state index is 0.469. The second-order valence-electron chi connectivity index (χ2n) is 2.88. The van der Waals surface area contributed by atoms with Gasteiger partial charge in [0.15, 0.2) is 5.79 Å². The maximum atomic E-state index is 5.33. The van der Waals surface area contributed by atoms with E-state index in [1.54, 1.807) is 7.11 Å². The maximum Gasteiger partial charge on any atom is 0.189 e. The zero-order chi connectivity index (χ0) is 8.86. The summed E-state index contributed by atoms with van der Waals surface area (Å²) in [7, 11) is 1.65. The lowest BCUT2D eigenvalue weighted by molar-refractivity contribution is -0.182. The molecule has 0 bridgehead atoms. The SMILES string of the molecule is COCCOCC1(C)OCCO1. The molecule has 0 aromatic rings. The van der Waals surface area contributed by atoms with Crippen LogP contribution in [0.3, 0.4) is 0 Å². The summed E-state index contributed by atoms with van der Waals surface area (Å²) in [6.07, 6.45) is 0. The third-order valence-corrected chi connectivity index (χ3v) is 1.69. The Bertz CT molecular complexity index is 120. The maximum absolute atomic E-state index is 5.33. The molecular formula is C8H16O4. The van der Waals surface area contributed by atoms with Crippen molar-refractivity contribution in [3.05, 3.63) is 0 Å². The molecule has 0 amide bonds. The predicted molar refractivity (Wildman–Crippen MR) is 43.0 cm³/mol. The minimum atomic E-state index is -0.534. The van der Waals surface area contributed by atoms with Gasteiger partial charge in [-0.25, -0.2) is 0 Å². The molecule has 0 aromatic heterocycles. The van der Waals surface area contributed by atoms with Crippen molar-refractivity contribution in [3.8, 4) is 0 Å². The summed E-state index contributed by atoms with van der Waals surface area (Å²) < 4.78 is 20.8. The van der Waals surface area contributed by atoms with Crippen LogP contribution in [0.25, 0.3) is 0 Å². The van der Waals surface area contributed by atoms with E-state index < -0.39 is 5.79 Å². The fourth-order valence-electron chi connectivity index (χ4n) is 1.04. The fraction of sp³-hybridized carbons (Fsp3) is 1.00.